The monoisotopic (exact) mass is 184 g/mol. The van der Waals surface area contributed by atoms with E-state index in [0.717, 1.165) is 11.8 Å². The van der Waals surface area contributed by atoms with Crippen LogP contribution in [-0.4, -0.2) is 0 Å². The summed E-state index contributed by atoms with van der Waals surface area (Å²) in [6.45, 7) is 9.33. The van der Waals surface area contributed by atoms with Crippen LogP contribution >= 0.6 is 0 Å². The molecule has 0 saturated carbocycles. The summed E-state index contributed by atoms with van der Waals surface area (Å²) in [4.78, 5) is 0. The molecule has 2 atom stereocenters. The van der Waals surface area contributed by atoms with Gasteiger partial charge in [0.25, 0.3) is 0 Å². The Hall–Kier alpha value is 0. The minimum atomic E-state index is 0.937. The van der Waals surface area contributed by atoms with Gasteiger partial charge in [-0.25, -0.2) is 0 Å². The molecule has 0 aliphatic heterocycles. The Bertz CT molecular complexity index is 96.2. The van der Waals surface area contributed by atoms with Gasteiger partial charge in [-0.15, -0.1) is 0 Å². The van der Waals surface area contributed by atoms with Gasteiger partial charge in [-0.05, 0) is 18.3 Å². The van der Waals surface area contributed by atoms with Crippen molar-refractivity contribution in [2.75, 3.05) is 0 Å². The average Bonchev–Trinajstić information content (AvgIpc) is 2.16. The van der Waals surface area contributed by atoms with Gasteiger partial charge in [-0.2, -0.15) is 0 Å². The predicted octanol–water partition coefficient (Wildman–Crippen LogP) is 5.03. The third-order valence-electron chi connectivity index (χ3n) is 3.23. The van der Waals surface area contributed by atoms with Crippen molar-refractivity contribution < 1.29 is 0 Å². The van der Waals surface area contributed by atoms with E-state index in [2.05, 4.69) is 27.7 Å². The molecule has 0 radical (unpaired) electrons. The Labute approximate surface area is 85.1 Å². The third kappa shape index (κ3) is 7.10. The van der Waals surface area contributed by atoms with Gasteiger partial charge >= 0.3 is 0 Å². The van der Waals surface area contributed by atoms with Crippen LogP contribution in [0.1, 0.15) is 72.6 Å². The fourth-order valence-electron chi connectivity index (χ4n) is 1.91. The van der Waals surface area contributed by atoms with E-state index in [1.807, 2.05) is 0 Å². The van der Waals surface area contributed by atoms with E-state index in [0.29, 0.717) is 0 Å². The smallest absolute Gasteiger partial charge is 0.0414 e. The van der Waals surface area contributed by atoms with Gasteiger partial charge < -0.3 is 0 Å². The first-order chi connectivity index (χ1) is 6.24. The Balaban J connectivity index is 3.50. The Morgan fingerprint density at radius 3 is 2.08 bits per heavy atom. The number of unbranched alkanes of at least 4 members (excludes halogenated alkanes) is 2. The first kappa shape index (κ1) is 13.0. The lowest BCUT2D eigenvalue weighted by Crippen LogP contribution is -2.05. The van der Waals surface area contributed by atoms with Crippen molar-refractivity contribution >= 4 is 0 Å². The van der Waals surface area contributed by atoms with E-state index in [9.17, 15) is 0 Å². The van der Waals surface area contributed by atoms with E-state index in [4.69, 9.17) is 0 Å². The van der Waals surface area contributed by atoms with Gasteiger partial charge in [-0.3, -0.25) is 0 Å². The third-order valence-corrected chi connectivity index (χ3v) is 3.23. The van der Waals surface area contributed by atoms with Crippen molar-refractivity contribution in [2.45, 2.75) is 72.6 Å². The fraction of sp³-hybridized carbons (Fsp3) is 1.00. The SMILES string of the molecule is CCCCCC(CC)CC(C)CC. The molecule has 0 fully saturated rings. The molecule has 0 rings (SSSR count). The maximum absolute atomic E-state index is 2.39. The Morgan fingerprint density at radius 1 is 0.923 bits per heavy atom. The molecule has 0 spiro atoms. The first-order valence-corrected chi connectivity index (χ1v) is 6.24. The summed E-state index contributed by atoms with van der Waals surface area (Å²) in [6, 6.07) is 0. The Morgan fingerprint density at radius 2 is 1.62 bits per heavy atom. The van der Waals surface area contributed by atoms with E-state index in [1.165, 1.54) is 44.9 Å². The maximum atomic E-state index is 2.39. The molecule has 0 heterocycles. The van der Waals surface area contributed by atoms with Crippen LogP contribution < -0.4 is 0 Å². The molecular weight excluding hydrogens is 156 g/mol. The van der Waals surface area contributed by atoms with Gasteiger partial charge in [0.05, 0.1) is 0 Å². The predicted molar refractivity (Wildman–Crippen MR) is 62.0 cm³/mol. The zero-order chi connectivity index (χ0) is 10.1. The highest BCUT2D eigenvalue weighted by Crippen LogP contribution is 2.23. The molecule has 0 aliphatic carbocycles. The average molecular weight is 184 g/mol. The summed E-state index contributed by atoms with van der Waals surface area (Å²) >= 11 is 0. The molecule has 0 aliphatic rings. The lowest BCUT2D eigenvalue weighted by Gasteiger charge is -2.18. The van der Waals surface area contributed by atoms with E-state index < -0.39 is 0 Å². The van der Waals surface area contributed by atoms with E-state index in [1.54, 1.807) is 0 Å². The van der Waals surface area contributed by atoms with Crippen molar-refractivity contribution in [3.63, 3.8) is 0 Å². The van der Waals surface area contributed by atoms with Crippen LogP contribution in [0.5, 0.6) is 0 Å². The topological polar surface area (TPSA) is 0 Å². The van der Waals surface area contributed by atoms with Gasteiger partial charge in [0, 0.05) is 0 Å². The molecule has 0 amide bonds. The molecule has 0 aromatic heterocycles. The molecule has 0 nitrogen and oxygen atoms in total. The molecule has 0 bridgehead atoms. The summed E-state index contributed by atoms with van der Waals surface area (Å²) in [7, 11) is 0. The second-order valence-electron chi connectivity index (χ2n) is 4.52. The zero-order valence-corrected chi connectivity index (χ0v) is 10.1. The molecule has 0 saturated heterocycles. The van der Waals surface area contributed by atoms with Gasteiger partial charge in [0.1, 0.15) is 0 Å². The van der Waals surface area contributed by atoms with Crippen molar-refractivity contribution in [1.29, 1.82) is 0 Å². The zero-order valence-electron chi connectivity index (χ0n) is 10.1. The van der Waals surface area contributed by atoms with Crippen molar-refractivity contribution in [3.8, 4) is 0 Å². The lowest BCUT2D eigenvalue weighted by atomic mass is 9.88. The largest absolute Gasteiger partial charge is 0.0654 e. The minimum Gasteiger partial charge on any atom is -0.0654 e. The van der Waals surface area contributed by atoms with Gasteiger partial charge in [-0.1, -0.05) is 66.2 Å². The normalized spacial score (nSPS) is 15.7. The van der Waals surface area contributed by atoms with Crippen LogP contribution in [0.4, 0.5) is 0 Å². The van der Waals surface area contributed by atoms with Crippen LogP contribution in [0.15, 0.2) is 0 Å². The maximum Gasteiger partial charge on any atom is -0.0414 e. The number of hydrogen-bond acceptors (Lipinski definition) is 0. The fourth-order valence-corrected chi connectivity index (χ4v) is 1.91. The molecule has 0 aromatic rings. The standard InChI is InChI=1S/C13H28/c1-5-8-9-10-13(7-3)11-12(4)6-2/h12-13H,5-11H2,1-4H3. The molecule has 13 heavy (non-hydrogen) atoms. The van der Waals surface area contributed by atoms with Gasteiger partial charge in [0.15, 0.2) is 0 Å². The number of hydrogen-bond donors (Lipinski definition) is 0. The first-order valence-electron chi connectivity index (χ1n) is 6.24. The van der Waals surface area contributed by atoms with Crippen LogP contribution in [0.25, 0.3) is 0 Å². The second kappa shape index (κ2) is 8.59. The Kier molecular flexibility index (Phi) is 8.59. The highest BCUT2D eigenvalue weighted by atomic mass is 14.1. The van der Waals surface area contributed by atoms with Crippen LogP contribution in [0.3, 0.4) is 0 Å². The van der Waals surface area contributed by atoms with Crippen molar-refractivity contribution in [1.82, 2.24) is 0 Å². The molecule has 0 N–H and O–H groups in total. The summed E-state index contributed by atoms with van der Waals surface area (Å²) < 4.78 is 0. The van der Waals surface area contributed by atoms with Gasteiger partial charge in [0.2, 0.25) is 0 Å². The molecule has 0 aromatic carbocycles. The van der Waals surface area contributed by atoms with Crippen LogP contribution in [-0.2, 0) is 0 Å². The highest BCUT2D eigenvalue weighted by molar-refractivity contribution is 4.61. The van der Waals surface area contributed by atoms with Crippen molar-refractivity contribution in [3.05, 3.63) is 0 Å². The second-order valence-corrected chi connectivity index (χ2v) is 4.52. The lowest BCUT2D eigenvalue weighted by molar-refractivity contribution is 0.344. The summed E-state index contributed by atoms with van der Waals surface area (Å²) in [5.74, 6) is 1.94. The summed E-state index contributed by atoms with van der Waals surface area (Å²) in [5, 5.41) is 0. The van der Waals surface area contributed by atoms with Crippen LogP contribution in [0.2, 0.25) is 0 Å². The molecular formula is C13H28. The minimum absolute atomic E-state index is 0.937. The highest BCUT2D eigenvalue weighted by Gasteiger charge is 2.09. The van der Waals surface area contributed by atoms with E-state index in [-0.39, 0.29) is 0 Å². The molecule has 80 valence electrons. The van der Waals surface area contributed by atoms with Crippen LogP contribution in [0, 0.1) is 11.8 Å². The number of rotatable bonds is 8. The summed E-state index contributed by atoms with van der Waals surface area (Å²) in [6.07, 6.45) is 9.89. The van der Waals surface area contributed by atoms with E-state index >= 15 is 0 Å². The molecule has 0 heteroatoms. The summed E-state index contributed by atoms with van der Waals surface area (Å²) in [5.41, 5.74) is 0. The molecule has 2 unspecified atom stereocenters. The quantitative estimate of drug-likeness (QED) is 0.464. The van der Waals surface area contributed by atoms with Crippen molar-refractivity contribution in [2.24, 2.45) is 11.8 Å².